The molecule has 1 atom stereocenters. The van der Waals surface area contributed by atoms with Crippen LogP contribution < -0.4 is 0 Å². The zero-order valence-electron chi connectivity index (χ0n) is 7.75. The highest BCUT2D eigenvalue weighted by Crippen LogP contribution is 2.19. The summed E-state index contributed by atoms with van der Waals surface area (Å²) in [6.45, 7) is 0. The Morgan fingerprint density at radius 3 is 2.87 bits per heavy atom. The number of alkyl halides is 1. The third-order valence-corrected chi connectivity index (χ3v) is 2.72. The van der Waals surface area contributed by atoms with Gasteiger partial charge in [0.05, 0.1) is 4.83 Å². The monoisotopic (exact) mass is 265 g/mol. The molecule has 2 heterocycles. The number of pyridine rings is 1. The van der Waals surface area contributed by atoms with Gasteiger partial charge in [-0.15, -0.1) is 0 Å². The SMILES string of the molecule is O=CC(Br)c1ccc(-n2ccnc2)nc1. The van der Waals surface area contributed by atoms with Crippen molar-refractivity contribution in [2.75, 3.05) is 0 Å². The Balaban J connectivity index is 2.28. The highest BCUT2D eigenvalue weighted by Gasteiger charge is 2.05. The van der Waals surface area contributed by atoms with Crippen LogP contribution in [0.15, 0.2) is 37.1 Å². The van der Waals surface area contributed by atoms with E-state index in [-0.39, 0.29) is 4.83 Å². The average Bonchev–Trinajstić information content (AvgIpc) is 2.82. The van der Waals surface area contributed by atoms with E-state index in [0.29, 0.717) is 0 Å². The van der Waals surface area contributed by atoms with Crippen LogP contribution in [0.2, 0.25) is 0 Å². The second-order valence-corrected chi connectivity index (χ2v) is 3.94. The number of hydrogen-bond acceptors (Lipinski definition) is 3. The molecule has 2 rings (SSSR count). The number of aldehydes is 1. The molecule has 5 heteroatoms. The lowest BCUT2D eigenvalue weighted by molar-refractivity contribution is -0.107. The first kappa shape index (κ1) is 10.0. The molecular formula is C10H8BrN3O. The van der Waals surface area contributed by atoms with E-state index < -0.39 is 0 Å². The van der Waals surface area contributed by atoms with Crippen LogP contribution in [0, 0.1) is 0 Å². The summed E-state index contributed by atoms with van der Waals surface area (Å²) in [6.07, 6.45) is 7.67. The van der Waals surface area contributed by atoms with Crippen LogP contribution in [0.3, 0.4) is 0 Å². The van der Waals surface area contributed by atoms with Crippen LogP contribution in [-0.2, 0) is 4.79 Å². The van der Waals surface area contributed by atoms with Crippen LogP contribution in [0.1, 0.15) is 10.4 Å². The molecule has 2 aromatic rings. The summed E-state index contributed by atoms with van der Waals surface area (Å²) >= 11 is 3.23. The number of halogens is 1. The fraction of sp³-hybridized carbons (Fsp3) is 0.100. The van der Waals surface area contributed by atoms with Crippen molar-refractivity contribution in [2.24, 2.45) is 0 Å². The van der Waals surface area contributed by atoms with Gasteiger partial charge in [0.2, 0.25) is 0 Å². The number of hydrogen-bond donors (Lipinski definition) is 0. The van der Waals surface area contributed by atoms with Gasteiger partial charge in [0, 0.05) is 18.6 Å². The minimum Gasteiger partial charge on any atom is -0.302 e. The number of aromatic nitrogens is 3. The van der Waals surface area contributed by atoms with Crippen molar-refractivity contribution >= 4 is 22.2 Å². The van der Waals surface area contributed by atoms with Gasteiger partial charge < -0.3 is 4.79 Å². The number of carbonyl (C=O) groups excluding carboxylic acids is 1. The van der Waals surface area contributed by atoms with Gasteiger partial charge in [-0.1, -0.05) is 22.0 Å². The van der Waals surface area contributed by atoms with E-state index in [4.69, 9.17) is 0 Å². The van der Waals surface area contributed by atoms with Crippen molar-refractivity contribution in [3.8, 4) is 5.82 Å². The first-order valence-electron chi connectivity index (χ1n) is 4.35. The zero-order valence-corrected chi connectivity index (χ0v) is 9.33. The Hall–Kier alpha value is -1.49. The molecule has 0 aliphatic heterocycles. The van der Waals surface area contributed by atoms with E-state index in [1.807, 2.05) is 18.3 Å². The van der Waals surface area contributed by atoms with E-state index >= 15 is 0 Å². The fourth-order valence-corrected chi connectivity index (χ4v) is 1.46. The fourth-order valence-electron chi connectivity index (χ4n) is 1.19. The summed E-state index contributed by atoms with van der Waals surface area (Å²) in [7, 11) is 0. The molecule has 0 saturated carbocycles. The van der Waals surface area contributed by atoms with Gasteiger partial charge >= 0.3 is 0 Å². The normalized spacial score (nSPS) is 12.3. The quantitative estimate of drug-likeness (QED) is 0.629. The maximum atomic E-state index is 10.5. The van der Waals surface area contributed by atoms with Crippen LogP contribution >= 0.6 is 15.9 Å². The molecule has 1 unspecified atom stereocenters. The Morgan fingerprint density at radius 2 is 2.33 bits per heavy atom. The summed E-state index contributed by atoms with van der Waals surface area (Å²) in [5, 5.41) is 0. The van der Waals surface area contributed by atoms with Crippen molar-refractivity contribution in [3.63, 3.8) is 0 Å². The molecule has 76 valence electrons. The molecule has 15 heavy (non-hydrogen) atoms. The molecule has 0 aromatic carbocycles. The second kappa shape index (κ2) is 4.35. The molecule has 0 aliphatic rings. The summed E-state index contributed by atoms with van der Waals surface area (Å²) in [6, 6.07) is 3.70. The van der Waals surface area contributed by atoms with E-state index in [9.17, 15) is 4.79 Å². The van der Waals surface area contributed by atoms with E-state index in [2.05, 4.69) is 25.9 Å². The molecule has 0 amide bonds. The van der Waals surface area contributed by atoms with Gasteiger partial charge in [-0.3, -0.25) is 4.57 Å². The highest BCUT2D eigenvalue weighted by atomic mass is 79.9. The van der Waals surface area contributed by atoms with E-state index in [0.717, 1.165) is 17.7 Å². The third kappa shape index (κ3) is 2.12. The predicted octanol–water partition coefficient (Wildman–Crippen LogP) is 1.90. The Labute approximate surface area is 95.1 Å². The molecule has 0 bridgehead atoms. The zero-order chi connectivity index (χ0) is 10.7. The van der Waals surface area contributed by atoms with Crippen molar-refractivity contribution < 1.29 is 4.79 Å². The van der Waals surface area contributed by atoms with Crippen LogP contribution in [0.5, 0.6) is 0 Å². The van der Waals surface area contributed by atoms with Gasteiger partial charge in [-0.05, 0) is 11.6 Å². The van der Waals surface area contributed by atoms with Gasteiger partial charge in [0.1, 0.15) is 18.4 Å². The summed E-state index contributed by atoms with van der Waals surface area (Å²) in [5.41, 5.74) is 0.842. The second-order valence-electron chi connectivity index (χ2n) is 2.96. The molecular weight excluding hydrogens is 258 g/mol. The highest BCUT2D eigenvalue weighted by molar-refractivity contribution is 9.09. The number of rotatable bonds is 3. The molecule has 0 radical (unpaired) electrons. The summed E-state index contributed by atoms with van der Waals surface area (Å²) in [5.74, 6) is 0.779. The van der Waals surface area contributed by atoms with Crippen LogP contribution in [0.4, 0.5) is 0 Å². The molecule has 0 spiro atoms. The standard InChI is InChI=1S/C10H8BrN3O/c11-9(6-15)8-1-2-10(13-5-8)14-4-3-12-7-14/h1-7,9H. The van der Waals surface area contributed by atoms with Gasteiger partial charge in [0.15, 0.2) is 0 Å². The van der Waals surface area contributed by atoms with Crippen molar-refractivity contribution in [1.29, 1.82) is 0 Å². The average molecular weight is 266 g/mol. The summed E-state index contributed by atoms with van der Waals surface area (Å²) in [4.78, 5) is 18.4. The lowest BCUT2D eigenvalue weighted by Crippen LogP contribution is -1.97. The third-order valence-electron chi connectivity index (χ3n) is 1.98. The largest absolute Gasteiger partial charge is 0.302 e. The van der Waals surface area contributed by atoms with Crippen LogP contribution in [-0.4, -0.2) is 20.8 Å². The molecule has 0 saturated heterocycles. The molecule has 2 aromatic heterocycles. The maximum absolute atomic E-state index is 10.5. The smallest absolute Gasteiger partial charge is 0.138 e. The van der Waals surface area contributed by atoms with E-state index in [1.165, 1.54) is 0 Å². The molecule has 0 aliphatic carbocycles. The van der Waals surface area contributed by atoms with Gasteiger partial charge in [-0.25, -0.2) is 9.97 Å². The molecule has 0 N–H and O–H groups in total. The van der Waals surface area contributed by atoms with Crippen LogP contribution in [0.25, 0.3) is 5.82 Å². The topological polar surface area (TPSA) is 47.8 Å². The lowest BCUT2D eigenvalue weighted by atomic mass is 10.2. The Morgan fingerprint density at radius 1 is 1.47 bits per heavy atom. The van der Waals surface area contributed by atoms with Crippen molar-refractivity contribution in [1.82, 2.24) is 14.5 Å². The van der Waals surface area contributed by atoms with Crippen molar-refractivity contribution in [3.05, 3.63) is 42.6 Å². The minimum atomic E-state index is -0.290. The first-order chi connectivity index (χ1) is 7.31. The molecule has 0 fully saturated rings. The number of imidazole rings is 1. The Bertz CT molecular complexity index is 438. The molecule has 4 nitrogen and oxygen atoms in total. The lowest BCUT2D eigenvalue weighted by Gasteiger charge is -2.04. The summed E-state index contributed by atoms with van der Waals surface area (Å²) < 4.78 is 1.80. The van der Waals surface area contributed by atoms with Gasteiger partial charge in [0.25, 0.3) is 0 Å². The minimum absolute atomic E-state index is 0.290. The maximum Gasteiger partial charge on any atom is 0.138 e. The van der Waals surface area contributed by atoms with Crippen molar-refractivity contribution in [2.45, 2.75) is 4.83 Å². The number of carbonyl (C=O) groups is 1. The predicted molar refractivity (Wildman–Crippen MR) is 59.1 cm³/mol. The van der Waals surface area contributed by atoms with Gasteiger partial charge in [-0.2, -0.15) is 0 Å². The number of nitrogens with zero attached hydrogens (tertiary/aromatic N) is 3. The Kier molecular flexibility index (Phi) is 2.91. The van der Waals surface area contributed by atoms with E-state index in [1.54, 1.807) is 23.3 Å². The first-order valence-corrected chi connectivity index (χ1v) is 5.26.